The van der Waals surface area contributed by atoms with Gasteiger partial charge in [0.2, 0.25) is 21.8 Å². The van der Waals surface area contributed by atoms with Crippen molar-refractivity contribution in [3.05, 3.63) is 24.2 Å². The smallest absolute Gasteiger partial charge is 0.229 e. The highest BCUT2D eigenvalue weighted by Crippen LogP contribution is 2.12. The summed E-state index contributed by atoms with van der Waals surface area (Å²) in [5.41, 5.74) is 0. The zero-order valence-corrected chi connectivity index (χ0v) is 13.3. The fourth-order valence-corrected chi connectivity index (χ4v) is 3.64. The van der Waals surface area contributed by atoms with Crippen LogP contribution >= 0.6 is 0 Å². The highest BCUT2D eigenvalue weighted by Gasteiger charge is 2.27. The van der Waals surface area contributed by atoms with Crippen molar-refractivity contribution in [3.8, 4) is 0 Å². The number of piperidine rings is 1. The Morgan fingerprint density at radius 2 is 2.00 bits per heavy atom. The quantitative estimate of drug-likeness (QED) is 0.742. The Balaban J connectivity index is 1.85. The number of nitrogens with one attached hydrogen (secondary N) is 1. The molecular weight excluding hydrogens is 308 g/mol. The zero-order valence-electron chi connectivity index (χ0n) is 12.4. The summed E-state index contributed by atoms with van der Waals surface area (Å²) in [6.07, 6.45) is 3.11. The van der Waals surface area contributed by atoms with Gasteiger partial charge in [0.25, 0.3) is 0 Å². The third-order valence-electron chi connectivity index (χ3n) is 3.44. The van der Waals surface area contributed by atoms with Crippen molar-refractivity contribution < 1.29 is 22.4 Å². The van der Waals surface area contributed by atoms with E-state index in [1.54, 1.807) is 19.1 Å². The molecule has 0 bridgehead atoms. The Morgan fingerprint density at radius 3 is 2.59 bits per heavy atom. The van der Waals surface area contributed by atoms with E-state index in [0.717, 1.165) is 4.90 Å². The lowest BCUT2D eigenvalue weighted by Gasteiger charge is -2.25. The van der Waals surface area contributed by atoms with Crippen molar-refractivity contribution in [2.24, 2.45) is 0 Å². The van der Waals surface area contributed by atoms with Gasteiger partial charge in [0, 0.05) is 31.8 Å². The van der Waals surface area contributed by atoms with Crippen LogP contribution in [0, 0.1) is 0 Å². The molecule has 1 aliphatic heterocycles. The standard InChI is InChI=1S/C14H20N2O5S/c1-11(10-12-4-3-8-21-12)15-22(19,20)9-7-16-13(17)5-2-6-14(16)18/h3-4,8,11,15H,2,5-7,9-10H2,1H3/t11-/m0/s1. The summed E-state index contributed by atoms with van der Waals surface area (Å²) in [6.45, 7) is 1.64. The summed E-state index contributed by atoms with van der Waals surface area (Å²) in [6, 6.07) is 3.18. The van der Waals surface area contributed by atoms with Crippen molar-refractivity contribution >= 4 is 21.8 Å². The first-order valence-electron chi connectivity index (χ1n) is 7.23. The van der Waals surface area contributed by atoms with Gasteiger partial charge in [-0.2, -0.15) is 0 Å². The van der Waals surface area contributed by atoms with Crippen molar-refractivity contribution in [2.75, 3.05) is 12.3 Å². The van der Waals surface area contributed by atoms with E-state index in [0.29, 0.717) is 31.4 Å². The topological polar surface area (TPSA) is 96.7 Å². The molecule has 8 heteroatoms. The molecule has 1 aliphatic rings. The van der Waals surface area contributed by atoms with E-state index >= 15 is 0 Å². The number of carbonyl (C=O) groups excluding carboxylic acids is 2. The first-order chi connectivity index (χ1) is 10.4. The largest absolute Gasteiger partial charge is 0.469 e. The highest BCUT2D eigenvalue weighted by atomic mass is 32.2. The molecule has 0 aliphatic carbocycles. The molecule has 2 heterocycles. The van der Waals surface area contributed by atoms with Crippen LogP contribution in [-0.4, -0.2) is 43.5 Å². The van der Waals surface area contributed by atoms with Crippen LogP contribution in [0.2, 0.25) is 0 Å². The average Bonchev–Trinajstić information content (AvgIpc) is 2.90. The van der Waals surface area contributed by atoms with Gasteiger partial charge in [0.05, 0.1) is 12.0 Å². The van der Waals surface area contributed by atoms with Crippen LogP contribution in [0.5, 0.6) is 0 Å². The Morgan fingerprint density at radius 1 is 1.32 bits per heavy atom. The Hall–Kier alpha value is -1.67. The molecule has 7 nitrogen and oxygen atoms in total. The maximum Gasteiger partial charge on any atom is 0.229 e. The van der Waals surface area contributed by atoms with E-state index in [9.17, 15) is 18.0 Å². The minimum Gasteiger partial charge on any atom is -0.469 e. The molecule has 1 aromatic heterocycles. The summed E-state index contributed by atoms with van der Waals surface area (Å²) in [4.78, 5) is 24.3. The van der Waals surface area contributed by atoms with Gasteiger partial charge >= 0.3 is 0 Å². The molecule has 0 spiro atoms. The summed E-state index contributed by atoms with van der Waals surface area (Å²) >= 11 is 0. The molecule has 0 saturated carbocycles. The first-order valence-corrected chi connectivity index (χ1v) is 8.88. The van der Waals surface area contributed by atoms with Crippen LogP contribution in [0.1, 0.15) is 31.9 Å². The molecule has 0 unspecified atom stereocenters. The fraction of sp³-hybridized carbons (Fsp3) is 0.571. The SMILES string of the molecule is C[C@@H](Cc1ccco1)NS(=O)(=O)CCN1C(=O)CCCC1=O. The predicted molar refractivity (Wildman–Crippen MR) is 79.4 cm³/mol. The number of rotatable bonds is 7. The molecule has 0 radical (unpaired) electrons. The molecule has 1 fully saturated rings. The lowest BCUT2D eigenvalue weighted by molar-refractivity contribution is -0.147. The second-order valence-corrected chi connectivity index (χ2v) is 7.29. The third kappa shape index (κ3) is 4.67. The molecule has 0 aromatic carbocycles. The number of amides is 2. The van der Waals surface area contributed by atoms with Gasteiger partial charge < -0.3 is 4.42 Å². The number of imide groups is 1. The second-order valence-electron chi connectivity index (χ2n) is 5.41. The molecule has 2 amide bonds. The minimum absolute atomic E-state index is 0.0968. The van der Waals surface area contributed by atoms with E-state index in [2.05, 4.69) is 4.72 Å². The normalized spacial score (nSPS) is 17.8. The molecule has 2 rings (SSSR count). The van der Waals surface area contributed by atoms with E-state index < -0.39 is 10.0 Å². The zero-order chi connectivity index (χ0) is 16.2. The number of furan rings is 1. The molecule has 1 atom stereocenters. The van der Waals surface area contributed by atoms with E-state index in [-0.39, 0.29) is 30.2 Å². The summed E-state index contributed by atoms with van der Waals surface area (Å²) < 4.78 is 31.8. The van der Waals surface area contributed by atoms with Gasteiger partial charge in [-0.3, -0.25) is 14.5 Å². The van der Waals surface area contributed by atoms with E-state index in [1.807, 2.05) is 0 Å². The van der Waals surface area contributed by atoms with Gasteiger partial charge in [-0.25, -0.2) is 13.1 Å². The lowest BCUT2D eigenvalue weighted by Crippen LogP contribution is -2.45. The third-order valence-corrected chi connectivity index (χ3v) is 4.92. The number of nitrogens with zero attached hydrogens (tertiary/aromatic N) is 1. The van der Waals surface area contributed by atoms with Crippen molar-refractivity contribution in [3.63, 3.8) is 0 Å². The van der Waals surface area contributed by atoms with Crippen molar-refractivity contribution in [1.29, 1.82) is 0 Å². The van der Waals surface area contributed by atoms with Crippen LogP contribution in [-0.2, 0) is 26.0 Å². The number of likely N-dealkylation sites (tertiary alicyclic amines) is 1. The van der Waals surface area contributed by atoms with Crippen molar-refractivity contribution in [2.45, 2.75) is 38.6 Å². The Kier molecular flexibility index (Phi) is 5.36. The minimum atomic E-state index is -3.57. The van der Waals surface area contributed by atoms with Crippen LogP contribution in [0.3, 0.4) is 0 Å². The maximum absolute atomic E-state index is 12.0. The maximum atomic E-state index is 12.0. The molecule has 1 aromatic rings. The molecule has 1 N–H and O–H groups in total. The van der Waals surface area contributed by atoms with Gasteiger partial charge in [-0.1, -0.05) is 0 Å². The number of hydrogen-bond acceptors (Lipinski definition) is 5. The molecule has 1 saturated heterocycles. The molecular formula is C14H20N2O5S. The van der Waals surface area contributed by atoms with Gasteiger partial charge in [-0.15, -0.1) is 0 Å². The van der Waals surface area contributed by atoms with E-state index in [1.165, 1.54) is 6.26 Å². The van der Waals surface area contributed by atoms with Crippen LogP contribution in [0.4, 0.5) is 0 Å². The number of sulfonamides is 1. The number of carbonyl (C=O) groups is 2. The molecule has 122 valence electrons. The Bertz CT molecular complexity index is 608. The average molecular weight is 328 g/mol. The lowest BCUT2D eigenvalue weighted by atomic mass is 10.1. The highest BCUT2D eigenvalue weighted by molar-refractivity contribution is 7.89. The van der Waals surface area contributed by atoms with Crippen LogP contribution < -0.4 is 4.72 Å². The monoisotopic (exact) mass is 328 g/mol. The van der Waals surface area contributed by atoms with Crippen LogP contribution in [0.15, 0.2) is 22.8 Å². The van der Waals surface area contributed by atoms with E-state index in [4.69, 9.17) is 4.42 Å². The van der Waals surface area contributed by atoms with Crippen LogP contribution in [0.25, 0.3) is 0 Å². The van der Waals surface area contributed by atoms with Gasteiger partial charge in [0.1, 0.15) is 5.76 Å². The first kappa shape index (κ1) is 16.7. The second kappa shape index (κ2) is 7.06. The Labute approximate surface area is 129 Å². The van der Waals surface area contributed by atoms with Gasteiger partial charge in [0.15, 0.2) is 0 Å². The number of hydrogen-bond donors (Lipinski definition) is 1. The summed E-state index contributed by atoms with van der Waals surface area (Å²) in [5.74, 6) is -0.186. The van der Waals surface area contributed by atoms with Gasteiger partial charge in [-0.05, 0) is 25.5 Å². The fourth-order valence-electron chi connectivity index (χ4n) is 2.40. The molecule has 22 heavy (non-hydrogen) atoms. The predicted octanol–water partition coefficient (Wildman–Crippen LogP) is 0.669. The van der Waals surface area contributed by atoms with Crippen molar-refractivity contribution in [1.82, 2.24) is 9.62 Å². The summed E-state index contributed by atoms with van der Waals surface area (Å²) in [7, 11) is -3.57. The summed E-state index contributed by atoms with van der Waals surface area (Å²) in [5, 5.41) is 0.